The number of ether oxygens (including phenoxy) is 2. The number of alkyl halides is 4. The van der Waals surface area contributed by atoms with Gasteiger partial charge in [-0.15, -0.1) is 46.4 Å². The van der Waals surface area contributed by atoms with Crippen LogP contribution in [0.1, 0.15) is 48.9 Å². The molecule has 6 rings (SSSR count). The molecule has 232 valence electrons. The molecule has 0 aliphatic heterocycles. The van der Waals surface area contributed by atoms with Crippen LogP contribution in [0.3, 0.4) is 0 Å². The van der Waals surface area contributed by atoms with Crippen LogP contribution < -0.4 is 9.47 Å². The zero-order valence-corrected chi connectivity index (χ0v) is 31.5. The molecule has 0 spiro atoms. The summed E-state index contributed by atoms with van der Waals surface area (Å²) >= 11 is 45.9. The Labute approximate surface area is 305 Å². The normalized spacial score (nSPS) is 22.4. The van der Waals surface area contributed by atoms with Gasteiger partial charge in [0.05, 0.1) is 24.0 Å². The Morgan fingerprint density at radius 1 is 0.568 bits per heavy atom. The molecule has 0 bridgehead atoms. The standard InChI is InChI=1S/2C17H14BrCl3O/c2*1-2-22-13-6-3-11(4-7-13)16(10-17(16,20)21)14-9-12(18)5-8-15(14)19/h2*3-9H,2,10H2,1H3/t2*16-/m10/s1. The van der Waals surface area contributed by atoms with Crippen molar-refractivity contribution in [2.45, 2.75) is 46.2 Å². The summed E-state index contributed by atoms with van der Waals surface area (Å²) < 4.78 is 11.2. The van der Waals surface area contributed by atoms with Gasteiger partial charge in [0, 0.05) is 19.0 Å². The van der Waals surface area contributed by atoms with Gasteiger partial charge < -0.3 is 9.47 Å². The van der Waals surface area contributed by atoms with Crippen LogP contribution in [0.15, 0.2) is 93.9 Å². The van der Waals surface area contributed by atoms with E-state index in [4.69, 9.17) is 79.1 Å². The van der Waals surface area contributed by atoms with Crippen LogP contribution >= 0.6 is 101 Å². The van der Waals surface area contributed by atoms with Gasteiger partial charge in [0.15, 0.2) is 0 Å². The molecular formula is C34H28Br2Cl6O2. The Morgan fingerprint density at radius 2 is 0.886 bits per heavy atom. The summed E-state index contributed by atoms with van der Waals surface area (Å²) in [5.74, 6) is 1.66. The summed E-state index contributed by atoms with van der Waals surface area (Å²) in [5, 5.41) is 1.33. The lowest BCUT2D eigenvalue weighted by Crippen LogP contribution is -2.17. The van der Waals surface area contributed by atoms with E-state index in [2.05, 4.69) is 31.9 Å². The lowest BCUT2D eigenvalue weighted by Gasteiger charge is -2.21. The van der Waals surface area contributed by atoms with Gasteiger partial charge in [0.1, 0.15) is 20.2 Å². The van der Waals surface area contributed by atoms with Gasteiger partial charge in [-0.25, -0.2) is 0 Å². The zero-order chi connectivity index (χ0) is 31.9. The van der Waals surface area contributed by atoms with Gasteiger partial charge in [0.25, 0.3) is 0 Å². The highest BCUT2D eigenvalue weighted by Crippen LogP contribution is 2.70. The number of benzene rings is 4. The molecule has 2 fully saturated rings. The lowest BCUT2D eigenvalue weighted by molar-refractivity contribution is 0.340. The van der Waals surface area contributed by atoms with Crippen LogP contribution in [0.2, 0.25) is 10.0 Å². The molecule has 0 saturated heterocycles. The van der Waals surface area contributed by atoms with Crippen molar-refractivity contribution in [2.75, 3.05) is 13.2 Å². The predicted molar refractivity (Wildman–Crippen MR) is 193 cm³/mol. The molecule has 4 aromatic carbocycles. The lowest BCUT2D eigenvalue weighted by atomic mass is 9.88. The molecule has 0 amide bonds. The van der Waals surface area contributed by atoms with E-state index in [0.29, 0.717) is 36.1 Å². The highest BCUT2D eigenvalue weighted by molar-refractivity contribution is 9.10. The van der Waals surface area contributed by atoms with Crippen molar-refractivity contribution in [3.63, 3.8) is 0 Å². The first kappa shape index (κ1) is 34.5. The van der Waals surface area contributed by atoms with E-state index in [-0.39, 0.29) is 0 Å². The van der Waals surface area contributed by atoms with Gasteiger partial charge in [-0.2, -0.15) is 0 Å². The van der Waals surface area contributed by atoms with E-state index in [9.17, 15) is 0 Å². The summed E-state index contributed by atoms with van der Waals surface area (Å²) in [6.45, 7) is 5.19. The van der Waals surface area contributed by atoms with Crippen LogP contribution in [-0.4, -0.2) is 21.9 Å². The summed E-state index contributed by atoms with van der Waals surface area (Å²) in [4.78, 5) is 0. The first-order chi connectivity index (χ1) is 20.8. The van der Waals surface area contributed by atoms with E-state index < -0.39 is 19.5 Å². The third kappa shape index (κ3) is 6.49. The minimum absolute atomic E-state index is 0.484. The van der Waals surface area contributed by atoms with E-state index in [1.807, 2.05) is 98.8 Å². The first-order valence-corrected chi connectivity index (χ1v) is 17.8. The molecule has 0 heterocycles. The van der Waals surface area contributed by atoms with Crippen molar-refractivity contribution in [3.05, 3.63) is 126 Å². The van der Waals surface area contributed by atoms with Crippen LogP contribution in [0.25, 0.3) is 0 Å². The second kappa shape index (κ2) is 13.4. The average Bonchev–Trinajstić information content (AvgIpc) is 3.80. The molecular weight excluding hydrogens is 813 g/mol. The summed E-state index contributed by atoms with van der Waals surface area (Å²) in [6.07, 6.45) is 1.26. The molecule has 2 saturated carbocycles. The molecule has 0 unspecified atom stereocenters. The van der Waals surface area contributed by atoms with Crippen molar-refractivity contribution in [1.82, 2.24) is 0 Å². The molecule has 2 aliphatic carbocycles. The van der Waals surface area contributed by atoms with Gasteiger partial charge >= 0.3 is 0 Å². The Hall–Kier alpha value is -0.820. The fourth-order valence-corrected chi connectivity index (χ4v) is 8.68. The maximum atomic E-state index is 6.52. The van der Waals surface area contributed by atoms with Gasteiger partial charge in [-0.3, -0.25) is 0 Å². The summed E-state index contributed by atoms with van der Waals surface area (Å²) in [7, 11) is 0. The molecule has 44 heavy (non-hydrogen) atoms. The highest BCUT2D eigenvalue weighted by Gasteiger charge is 2.69. The Morgan fingerprint density at radius 3 is 1.16 bits per heavy atom. The molecule has 0 radical (unpaired) electrons. The van der Waals surface area contributed by atoms with Crippen molar-refractivity contribution >= 4 is 101 Å². The second-order valence-corrected chi connectivity index (χ2v) is 16.3. The molecule has 2 aliphatic rings. The van der Waals surface area contributed by atoms with Gasteiger partial charge in [-0.05, 0) is 110 Å². The second-order valence-electron chi connectivity index (χ2n) is 10.7. The molecule has 4 aromatic rings. The van der Waals surface area contributed by atoms with Crippen LogP contribution in [0, 0.1) is 0 Å². The smallest absolute Gasteiger partial charge is 0.133 e. The predicted octanol–water partition coefficient (Wildman–Crippen LogP) is 12.7. The van der Waals surface area contributed by atoms with Crippen LogP contribution in [-0.2, 0) is 10.8 Å². The summed E-state index contributed by atoms with van der Waals surface area (Å²) in [5.41, 5.74) is 3.00. The Balaban J connectivity index is 0.000000175. The monoisotopic (exact) mass is 836 g/mol. The first-order valence-electron chi connectivity index (χ1n) is 13.9. The molecule has 0 aromatic heterocycles. The zero-order valence-electron chi connectivity index (χ0n) is 23.8. The summed E-state index contributed by atoms with van der Waals surface area (Å²) in [6, 6.07) is 27.3. The third-order valence-corrected chi connectivity index (χ3v) is 11.5. The maximum absolute atomic E-state index is 6.52. The fraction of sp³-hybridized carbons (Fsp3) is 0.294. The van der Waals surface area contributed by atoms with E-state index in [0.717, 1.165) is 42.7 Å². The van der Waals surface area contributed by atoms with E-state index in [1.165, 1.54) is 0 Å². The van der Waals surface area contributed by atoms with Crippen molar-refractivity contribution in [2.24, 2.45) is 0 Å². The number of rotatable bonds is 8. The van der Waals surface area contributed by atoms with Crippen molar-refractivity contribution in [3.8, 4) is 11.5 Å². The van der Waals surface area contributed by atoms with E-state index in [1.54, 1.807) is 0 Å². The van der Waals surface area contributed by atoms with E-state index >= 15 is 0 Å². The number of halogens is 8. The van der Waals surface area contributed by atoms with Crippen LogP contribution in [0.5, 0.6) is 11.5 Å². The highest BCUT2D eigenvalue weighted by atomic mass is 79.9. The topological polar surface area (TPSA) is 18.5 Å². The largest absolute Gasteiger partial charge is 0.494 e. The molecule has 10 heteroatoms. The average molecular weight is 841 g/mol. The van der Waals surface area contributed by atoms with Gasteiger partial charge in [-0.1, -0.05) is 79.3 Å². The fourth-order valence-electron chi connectivity index (χ4n) is 5.75. The maximum Gasteiger partial charge on any atom is 0.133 e. The third-order valence-electron chi connectivity index (χ3n) is 8.07. The molecule has 0 N–H and O–H groups in total. The van der Waals surface area contributed by atoms with Crippen molar-refractivity contribution in [1.29, 1.82) is 0 Å². The quantitative estimate of drug-likeness (QED) is 0.165. The van der Waals surface area contributed by atoms with Gasteiger partial charge in [0.2, 0.25) is 0 Å². The number of hydrogen-bond donors (Lipinski definition) is 0. The molecule has 2 nitrogen and oxygen atoms in total. The van der Waals surface area contributed by atoms with Crippen LogP contribution in [0.4, 0.5) is 0 Å². The molecule has 2 atom stereocenters. The Kier molecular flexibility index (Phi) is 10.5. The Bertz CT molecular complexity index is 1520. The number of hydrogen-bond acceptors (Lipinski definition) is 2. The van der Waals surface area contributed by atoms with Crippen molar-refractivity contribution < 1.29 is 9.47 Å². The minimum Gasteiger partial charge on any atom is -0.494 e. The SMILES string of the molecule is CCOc1ccc([C@@]2(c3cc(Br)ccc3Cl)CC2(Cl)Cl)cc1.CCOc1ccc([C@]2(c3cc(Br)ccc3Cl)CC2(Cl)Cl)cc1. The minimum atomic E-state index is -0.857.